The molecule has 358 valence electrons. The second kappa shape index (κ2) is 63.3. The largest absolute Gasteiger partial charge is 0.481 e. The summed E-state index contributed by atoms with van der Waals surface area (Å²) in [5.41, 5.74) is 0. The Morgan fingerprint density at radius 2 is 0.410 bits per heavy atom. The SMILES string of the molecule is CCCCCC/C=C\CCCCCCCCCC(=O)O.CCCCCC/C=C\CCCCCCCCCC(=O)O.CCCCCC/C=C\CCCCCCCCCC(=O)O.[Nd]. The van der Waals surface area contributed by atoms with Crippen LogP contribution in [0.3, 0.4) is 0 Å². The van der Waals surface area contributed by atoms with Gasteiger partial charge in [0.15, 0.2) is 0 Å². The zero-order valence-electron chi connectivity index (χ0n) is 40.7. The molecule has 0 unspecified atom stereocenters. The molecule has 0 aromatic heterocycles. The molecule has 61 heavy (non-hydrogen) atoms. The Kier molecular flexibility index (Phi) is 69.1. The Morgan fingerprint density at radius 1 is 0.262 bits per heavy atom. The van der Waals surface area contributed by atoms with Crippen molar-refractivity contribution in [3.63, 3.8) is 0 Å². The molecule has 0 aliphatic heterocycles. The van der Waals surface area contributed by atoms with E-state index in [0.717, 1.165) is 38.5 Å². The van der Waals surface area contributed by atoms with Crippen molar-refractivity contribution in [2.45, 2.75) is 290 Å². The maximum absolute atomic E-state index is 10.3. The van der Waals surface area contributed by atoms with Gasteiger partial charge in [0.2, 0.25) is 0 Å². The van der Waals surface area contributed by atoms with Gasteiger partial charge in [-0.25, -0.2) is 0 Å². The average molecular weight is 992 g/mol. The van der Waals surface area contributed by atoms with Gasteiger partial charge < -0.3 is 15.3 Å². The summed E-state index contributed by atoms with van der Waals surface area (Å²) < 4.78 is 0. The third-order valence-corrected chi connectivity index (χ3v) is 11.0. The van der Waals surface area contributed by atoms with Gasteiger partial charge in [0.05, 0.1) is 0 Å². The first kappa shape index (κ1) is 66.6. The van der Waals surface area contributed by atoms with Gasteiger partial charge in [-0.1, -0.05) is 211 Å². The Labute approximate surface area is 412 Å². The summed E-state index contributed by atoms with van der Waals surface area (Å²) >= 11 is 0. The molecule has 0 fully saturated rings. The van der Waals surface area contributed by atoms with Gasteiger partial charge in [0.25, 0.3) is 0 Å². The standard InChI is InChI=1S/3C18H34O2.Nd/c3*1-2-3-4-5-6-7-8-9-10-11-12-13-14-15-16-17-18(19)20;/h3*7-8H,2-6,9-17H2,1H3,(H,19,20);/b3*8-7-;. The van der Waals surface area contributed by atoms with E-state index >= 15 is 0 Å². The quantitative estimate of drug-likeness (QED) is 0.0414. The van der Waals surface area contributed by atoms with Crippen molar-refractivity contribution in [1.82, 2.24) is 0 Å². The number of allylic oxidation sites excluding steroid dienone is 6. The Morgan fingerprint density at radius 3 is 0.574 bits per heavy atom. The molecule has 0 spiro atoms. The van der Waals surface area contributed by atoms with E-state index in [0.29, 0.717) is 19.3 Å². The van der Waals surface area contributed by atoms with E-state index in [1.54, 1.807) is 0 Å². The van der Waals surface area contributed by atoms with Crippen LogP contribution >= 0.6 is 0 Å². The van der Waals surface area contributed by atoms with Crippen LogP contribution < -0.4 is 0 Å². The molecule has 7 heteroatoms. The summed E-state index contributed by atoms with van der Waals surface area (Å²) in [6.07, 6.45) is 63.7. The van der Waals surface area contributed by atoms with Crippen LogP contribution in [0.5, 0.6) is 0 Å². The van der Waals surface area contributed by atoms with Crippen LogP contribution in [0.25, 0.3) is 0 Å². The fourth-order valence-corrected chi connectivity index (χ4v) is 7.04. The summed E-state index contributed by atoms with van der Waals surface area (Å²) in [6.45, 7) is 6.76. The fraction of sp³-hybridized carbons (Fsp3) is 0.833. The zero-order valence-corrected chi connectivity index (χ0v) is 43.9. The minimum atomic E-state index is -0.661. The monoisotopic (exact) mass is 989 g/mol. The first-order valence-electron chi connectivity index (χ1n) is 25.9. The van der Waals surface area contributed by atoms with Crippen molar-refractivity contribution in [2.24, 2.45) is 0 Å². The molecule has 0 amide bonds. The van der Waals surface area contributed by atoms with Crippen LogP contribution in [0, 0.1) is 40.8 Å². The molecule has 0 bridgehead atoms. The molecule has 0 aliphatic carbocycles. The maximum atomic E-state index is 10.3. The summed E-state index contributed by atoms with van der Waals surface area (Å²) in [7, 11) is 0. The minimum Gasteiger partial charge on any atom is -0.481 e. The van der Waals surface area contributed by atoms with Gasteiger partial charge in [0.1, 0.15) is 0 Å². The zero-order chi connectivity index (χ0) is 44.7. The Bertz CT molecular complexity index is 827. The predicted octanol–water partition coefficient (Wildman–Crippen LogP) is 18.3. The summed E-state index contributed by atoms with van der Waals surface area (Å²) in [5, 5.41) is 25.5. The molecule has 6 nitrogen and oxygen atoms in total. The maximum Gasteiger partial charge on any atom is 0.303 e. The Hall–Kier alpha value is -1.02. The molecule has 0 atom stereocenters. The van der Waals surface area contributed by atoms with E-state index in [1.807, 2.05) is 0 Å². The van der Waals surface area contributed by atoms with Crippen LogP contribution in [-0.4, -0.2) is 33.2 Å². The van der Waals surface area contributed by atoms with Crippen molar-refractivity contribution in [2.75, 3.05) is 0 Å². The van der Waals surface area contributed by atoms with Crippen molar-refractivity contribution in [3.8, 4) is 0 Å². The minimum absolute atomic E-state index is 0. The van der Waals surface area contributed by atoms with Crippen LogP contribution in [0.2, 0.25) is 0 Å². The second-order valence-corrected chi connectivity index (χ2v) is 17.2. The van der Waals surface area contributed by atoms with Gasteiger partial charge in [0, 0.05) is 60.1 Å². The normalized spacial score (nSPS) is 11.1. The summed E-state index contributed by atoms with van der Waals surface area (Å²) in [4.78, 5) is 31.0. The number of rotatable bonds is 45. The van der Waals surface area contributed by atoms with Crippen LogP contribution in [0.15, 0.2) is 36.5 Å². The number of carboxylic acids is 3. The molecule has 0 aromatic carbocycles. The van der Waals surface area contributed by atoms with Crippen LogP contribution in [0.1, 0.15) is 290 Å². The molecule has 0 heterocycles. The van der Waals surface area contributed by atoms with E-state index in [1.165, 1.54) is 212 Å². The Balaban J connectivity index is -0.000000396. The number of carbonyl (C=O) groups is 3. The number of unbranched alkanes of at least 4 members (excludes halogenated alkanes) is 33. The van der Waals surface area contributed by atoms with Crippen molar-refractivity contribution in [1.29, 1.82) is 0 Å². The number of carboxylic acid groups (broad SMARTS) is 3. The van der Waals surface area contributed by atoms with Gasteiger partial charge >= 0.3 is 17.9 Å². The molecule has 0 rings (SSSR count). The van der Waals surface area contributed by atoms with Gasteiger partial charge in [-0.15, -0.1) is 0 Å². The number of aliphatic carboxylic acids is 3. The first-order chi connectivity index (χ1) is 29.3. The number of hydrogen-bond acceptors (Lipinski definition) is 3. The molecular weight excluding hydrogens is 889 g/mol. The van der Waals surface area contributed by atoms with E-state index in [-0.39, 0.29) is 40.8 Å². The molecule has 0 radical (unpaired) electrons. The summed E-state index contributed by atoms with van der Waals surface area (Å²) in [6, 6.07) is 0. The van der Waals surface area contributed by atoms with Crippen molar-refractivity contribution < 1.29 is 70.5 Å². The molecule has 0 saturated carbocycles. The second-order valence-electron chi connectivity index (χ2n) is 17.2. The van der Waals surface area contributed by atoms with E-state index < -0.39 is 17.9 Å². The topological polar surface area (TPSA) is 112 Å². The van der Waals surface area contributed by atoms with Crippen LogP contribution in [0.4, 0.5) is 0 Å². The van der Waals surface area contributed by atoms with Crippen LogP contribution in [-0.2, 0) is 14.4 Å². The van der Waals surface area contributed by atoms with E-state index in [9.17, 15) is 14.4 Å². The van der Waals surface area contributed by atoms with E-state index in [4.69, 9.17) is 15.3 Å². The predicted molar refractivity (Wildman–Crippen MR) is 261 cm³/mol. The molecular formula is C54H102NdO6. The smallest absolute Gasteiger partial charge is 0.303 e. The summed E-state index contributed by atoms with van der Waals surface area (Å²) in [5.74, 6) is -1.98. The van der Waals surface area contributed by atoms with Gasteiger partial charge in [-0.05, 0) is 96.3 Å². The first-order valence-corrected chi connectivity index (χ1v) is 25.9. The van der Waals surface area contributed by atoms with Gasteiger partial charge in [-0.3, -0.25) is 14.4 Å². The average Bonchev–Trinajstić information content (AvgIpc) is 3.22. The van der Waals surface area contributed by atoms with E-state index in [2.05, 4.69) is 57.2 Å². The van der Waals surface area contributed by atoms with Gasteiger partial charge in [-0.2, -0.15) is 0 Å². The van der Waals surface area contributed by atoms with Crippen molar-refractivity contribution in [3.05, 3.63) is 36.5 Å². The molecule has 0 aliphatic rings. The third-order valence-electron chi connectivity index (χ3n) is 11.0. The van der Waals surface area contributed by atoms with Crippen molar-refractivity contribution >= 4 is 17.9 Å². The molecule has 3 N–H and O–H groups in total. The molecule has 0 saturated heterocycles. The third kappa shape index (κ3) is 76.7. The molecule has 0 aromatic rings. The fourth-order valence-electron chi connectivity index (χ4n) is 7.04. The number of hydrogen-bond donors (Lipinski definition) is 3.